The Bertz CT molecular complexity index is 811. The van der Waals surface area contributed by atoms with Gasteiger partial charge in [-0.15, -0.1) is 0 Å². The van der Waals surface area contributed by atoms with Crippen molar-refractivity contribution in [3.63, 3.8) is 0 Å². The first kappa shape index (κ1) is 19.9. The Morgan fingerprint density at radius 1 is 1.11 bits per heavy atom. The molecule has 7 heteroatoms. The third-order valence-corrected chi connectivity index (χ3v) is 5.34. The lowest BCUT2D eigenvalue weighted by molar-refractivity contribution is -0.185. The topological polar surface area (TPSA) is 55.5 Å². The van der Waals surface area contributed by atoms with Crippen molar-refractivity contribution < 1.29 is 27.4 Å². The van der Waals surface area contributed by atoms with Gasteiger partial charge in [-0.3, -0.25) is 0 Å². The first-order chi connectivity index (χ1) is 12.6. The maximum atomic E-state index is 14.8. The number of hydrogen-bond acceptors (Lipinski definition) is 3. The number of alkyl halides is 3. The maximum Gasteiger partial charge on any atom is 0.391 e. The van der Waals surface area contributed by atoms with Crippen molar-refractivity contribution in [3.8, 4) is 5.75 Å². The second kappa shape index (κ2) is 7.28. The minimum atomic E-state index is -4.18. The zero-order valence-corrected chi connectivity index (χ0v) is 15.0. The van der Waals surface area contributed by atoms with Crippen LogP contribution in [0.15, 0.2) is 30.3 Å². The van der Waals surface area contributed by atoms with Crippen molar-refractivity contribution in [1.29, 1.82) is 0 Å². The first-order valence-corrected chi connectivity index (χ1v) is 8.97. The summed E-state index contributed by atoms with van der Waals surface area (Å²) in [6.07, 6.45) is -4.09. The fraction of sp³-hybridized carbons (Fsp3) is 0.500. The molecule has 148 valence electrons. The number of nitrogens with two attached hydrogens (primary N) is 1. The molecule has 3 rings (SSSR count). The second-order valence-corrected chi connectivity index (χ2v) is 7.52. The molecule has 0 heterocycles. The SMILES string of the molecule is C[C@](N)(CO)c1ccc2c(F)c(O[C@H]3CC[C@H](C(F)(F)F)CC3)ccc2c1. The number of fused-ring (bicyclic) bond motifs is 1. The Morgan fingerprint density at radius 3 is 2.37 bits per heavy atom. The van der Waals surface area contributed by atoms with Crippen LogP contribution in [0.3, 0.4) is 0 Å². The van der Waals surface area contributed by atoms with Crippen LogP contribution in [-0.4, -0.2) is 24.0 Å². The number of rotatable bonds is 4. The van der Waals surface area contributed by atoms with Gasteiger partial charge in [0.2, 0.25) is 0 Å². The summed E-state index contributed by atoms with van der Waals surface area (Å²) in [5, 5.41) is 10.3. The van der Waals surface area contributed by atoms with Crippen LogP contribution in [0.5, 0.6) is 5.75 Å². The van der Waals surface area contributed by atoms with Gasteiger partial charge in [0.1, 0.15) is 0 Å². The highest BCUT2D eigenvalue weighted by atomic mass is 19.4. The highest BCUT2D eigenvalue weighted by Crippen LogP contribution is 2.39. The molecule has 0 aromatic heterocycles. The summed E-state index contributed by atoms with van der Waals surface area (Å²) < 4.78 is 58.7. The summed E-state index contributed by atoms with van der Waals surface area (Å²) in [5.41, 5.74) is 5.76. The average Bonchev–Trinajstić information content (AvgIpc) is 2.63. The molecule has 0 amide bonds. The normalized spacial score (nSPS) is 23.2. The van der Waals surface area contributed by atoms with Crippen LogP contribution >= 0.6 is 0 Å². The molecule has 0 bridgehead atoms. The molecule has 2 aromatic rings. The van der Waals surface area contributed by atoms with Gasteiger partial charge < -0.3 is 15.6 Å². The molecule has 1 saturated carbocycles. The predicted molar refractivity (Wildman–Crippen MR) is 95.0 cm³/mol. The van der Waals surface area contributed by atoms with Gasteiger partial charge in [-0.2, -0.15) is 13.2 Å². The van der Waals surface area contributed by atoms with Gasteiger partial charge in [0, 0.05) is 5.39 Å². The molecule has 0 unspecified atom stereocenters. The minimum absolute atomic E-state index is 0.00295. The van der Waals surface area contributed by atoms with Crippen LogP contribution in [0, 0.1) is 11.7 Å². The lowest BCUT2D eigenvalue weighted by Crippen LogP contribution is -2.36. The highest BCUT2D eigenvalue weighted by molar-refractivity contribution is 5.85. The van der Waals surface area contributed by atoms with Crippen LogP contribution in [0.25, 0.3) is 10.8 Å². The van der Waals surface area contributed by atoms with Gasteiger partial charge in [0.25, 0.3) is 0 Å². The largest absolute Gasteiger partial charge is 0.487 e. The van der Waals surface area contributed by atoms with E-state index in [1.807, 2.05) is 0 Å². The van der Waals surface area contributed by atoms with Gasteiger partial charge in [-0.25, -0.2) is 4.39 Å². The molecular formula is C20H23F4NO2. The van der Waals surface area contributed by atoms with Crippen molar-refractivity contribution >= 4 is 10.8 Å². The van der Waals surface area contributed by atoms with E-state index in [0.717, 1.165) is 0 Å². The van der Waals surface area contributed by atoms with Gasteiger partial charge in [0.05, 0.1) is 24.2 Å². The first-order valence-electron chi connectivity index (χ1n) is 8.97. The fourth-order valence-electron chi connectivity index (χ4n) is 3.50. The minimum Gasteiger partial charge on any atom is -0.487 e. The van der Waals surface area contributed by atoms with E-state index in [0.29, 0.717) is 16.3 Å². The standard InChI is InChI=1S/C20H23F4NO2/c1-19(25,11-26)14-5-8-16-12(10-14)2-9-17(18(16)21)27-15-6-3-13(4-7-15)20(22,23)24/h2,5,8-10,13,15,26H,3-4,6-7,11,25H2,1H3/t13-,15-,19-/m0/s1. The molecule has 0 radical (unpaired) electrons. The summed E-state index contributed by atoms with van der Waals surface area (Å²) in [7, 11) is 0. The lowest BCUT2D eigenvalue weighted by atomic mass is 9.87. The lowest BCUT2D eigenvalue weighted by Gasteiger charge is -2.30. The van der Waals surface area contributed by atoms with E-state index >= 15 is 0 Å². The number of aliphatic hydroxyl groups is 1. The van der Waals surface area contributed by atoms with Crippen molar-refractivity contribution in [2.24, 2.45) is 11.7 Å². The summed E-state index contributed by atoms with van der Waals surface area (Å²) in [5.74, 6) is -1.79. The Morgan fingerprint density at radius 2 is 1.78 bits per heavy atom. The van der Waals surface area contributed by atoms with Gasteiger partial charge in [-0.1, -0.05) is 18.2 Å². The molecule has 1 atom stereocenters. The fourth-order valence-corrected chi connectivity index (χ4v) is 3.50. The molecule has 0 spiro atoms. The predicted octanol–water partition coefficient (Wildman–Crippen LogP) is 4.65. The quantitative estimate of drug-likeness (QED) is 0.754. The third-order valence-electron chi connectivity index (χ3n) is 5.34. The summed E-state index contributed by atoms with van der Waals surface area (Å²) >= 11 is 0. The zero-order valence-electron chi connectivity index (χ0n) is 15.0. The number of halogens is 4. The van der Waals surface area contributed by atoms with Gasteiger partial charge in [0.15, 0.2) is 11.6 Å². The summed E-state index contributed by atoms with van der Waals surface area (Å²) in [6.45, 7) is 1.43. The Hall–Kier alpha value is -1.86. The van der Waals surface area contributed by atoms with E-state index in [2.05, 4.69) is 0 Å². The van der Waals surface area contributed by atoms with Crippen molar-refractivity contribution in [3.05, 3.63) is 41.7 Å². The van der Waals surface area contributed by atoms with E-state index in [-0.39, 0.29) is 38.0 Å². The maximum absolute atomic E-state index is 14.8. The number of ether oxygens (including phenoxy) is 1. The van der Waals surface area contributed by atoms with Crippen molar-refractivity contribution in [1.82, 2.24) is 0 Å². The molecule has 1 aliphatic rings. The molecular weight excluding hydrogens is 362 g/mol. The van der Waals surface area contributed by atoms with Crippen LogP contribution in [-0.2, 0) is 5.54 Å². The number of hydrogen-bond donors (Lipinski definition) is 2. The molecule has 0 saturated heterocycles. The molecule has 27 heavy (non-hydrogen) atoms. The van der Waals surface area contributed by atoms with Crippen LogP contribution in [0.1, 0.15) is 38.2 Å². The molecule has 3 nitrogen and oxygen atoms in total. The molecule has 0 aliphatic heterocycles. The van der Waals surface area contributed by atoms with E-state index in [4.69, 9.17) is 10.5 Å². The van der Waals surface area contributed by atoms with Crippen molar-refractivity contribution in [2.75, 3.05) is 6.61 Å². The zero-order chi connectivity index (χ0) is 19.8. The second-order valence-electron chi connectivity index (χ2n) is 7.52. The summed E-state index contributed by atoms with van der Waals surface area (Å²) in [4.78, 5) is 0. The third kappa shape index (κ3) is 4.19. The molecule has 2 aromatic carbocycles. The molecule has 1 fully saturated rings. The Labute approximate surface area is 155 Å². The van der Waals surface area contributed by atoms with E-state index in [9.17, 15) is 22.7 Å². The average molecular weight is 385 g/mol. The van der Waals surface area contributed by atoms with E-state index in [1.165, 1.54) is 6.07 Å². The Balaban J connectivity index is 1.77. The van der Waals surface area contributed by atoms with Crippen molar-refractivity contribution in [2.45, 2.75) is 50.4 Å². The molecule has 3 N–H and O–H groups in total. The van der Waals surface area contributed by atoms with Gasteiger partial charge in [-0.05, 0) is 55.7 Å². The van der Waals surface area contributed by atoms with Crippen LogP contribution in [0.2, 0.25) is 0 Å². The van der Waals surface area contributed by atoms with E-state index < -0.39 is 29.6 Å². The van der Waals surface area contributed by atoms with Gasteiger partial charge >= 0.3 is 6.18 Å². The monoisotopic (exact) mass is 385 g/mol. The number of benzene rings is 2. The summed E-state index contributed by atoms with van der Waals surface area (Å²) in [6, 6.07) is 8.12. The molecule has 1 aliphatic carbocycles. The van der Waals surface area contributed by atoms with Crippen LogP contribution in [0.4, 0.5) is 17.6 Å². The number of aliphatic hydroxyl groups excluding tert-OH is 1. The van der Waals surface area contributed by atoms with E-state index in [1.54, 1.807) is 31.2 Å². The van der Waals surface area contributed by atoms with Crippen LogP contribution < -0.4 is 10.5 Å². The smallest absolute Gasteiger partial charge is 0.391 e. The highest BCUT2D eigenvalue weighted by Gasteiger charge is 2.41. The Kier molecular flexibility index (Phi) is 5.36.